The van der Waals surface area contributed by atoms with E-state index in [1.165, 1.54) is 18.9 Å². The van der Waals surface area contributed by atoms with Crippen molar-refractivity contribution in [3.05, 3.63) is 34.6 Å². The van der Waals surface area contributed by atoms with E-state index in [4.69, 9.17) is 17.3 Å². The van der Waals surface area contributed by atoms with Gasteiger partial charge in [0.15, 0.2) is 0 Å². The third-order valence-corrected chi connectivity index (χ3v) is 4.01. The molecule has 1 aliphatic carbocycles. The molecular formula is C13H16ClFN2. The van der Waals surface area contributed by atoms with Crippen LogP contribution >= 0.6 is 11.6 Å². The number of benzene rings is 1. The van der Waals surface area contributed by atoms with E-state index in [-0.39, 0.29) is 17.9 Å². The Balaban J connectivity index is 1.97. The molecule has 0 spiro atoms. The number of nitrogens with zero attached hydrogens (tertiary/aromatic N) is 1. The van der Waals surface area contributed by atoms with Crippen molar-refractivity contribution in [2.75, 3.05) is 6.54 Å². The second-order valence-corrected chi connectivity index (χ2v) is 5.47. The smallest absolute Gasteiger partial charge is 0.128 e. The molecule has 1 aromatic rings. The molecule has 2 atom stereocenters. The second-order valence-electron chi connectivity index (χ2n) is 5.03. The Morgan fingerprint density at radius 3 is 2.76 bits per heavy atom. The zero-order valence-electron chi connectivity index (χ0n) is 9.57. The molecule has 0 radical (unpaired) electrons. The molecule has 1 saturated heterocycles. The fourth-order valence-corrected chi connectivity index (χ4v) is 2.99. The van der Waals surface area contributed by atoms with Gasteiger partial charge < -0.3 is 5.73 Å². The van der Waals surface area contributed by atoms with Crippen LogP contribution in [0.25, 0.3) is 0 Å². The Bertz CT molecular complexity index is 433. The van der Waals surface area contributed by atoms with Crippen LogP contribution in [0.4, 0.5) is 4.39 Å². The van der Waals surface area contributed by atoms with Gasteiger partial charge in [-0.3, -0.25) is 4.90 Å². The molecule has 0 bridgehead atoms. The summed E-state index contributed by atoms with van der Waals surface area (Å²) >= 11 is 5.96. The first kappa shape index (κ1) is 11.5. The highest BCUT2D eigenvalue weighted by molar-refractivity contribution is 6.30. The van der Waals surface area contributed by atoms with E-state index < -0.39 is 0 Å². The van der Waals surface area contributed by atoms with Gasteiger partial charge in [0.05, 0.1) is 6.04 Å². The van der Waals surface area contributed by atoms with Crippen molar-refractivity contribution in [1.29, 1.82) is 0 Å². The molecule has 4 heteroatoms. The topological polar surface area (TPSA) is 29.3 Å². The van der Waals surface area contributed by atoms with E-state index in [9.17, 15) is 4.39 Å². The van der Waals surface area contributed by atoms with Gasteiger partial charge in [0.2, 0.25) is 0 Å². The predicted octanol–water partition coefficient (Wildman–Crippen LogP) is 2.72. The van der Waals surface area contributed by atoms with Gasteiger partial charge in [-0.2, -0.15) is 0 Å². The van der Waals surface area contributed by atoms with Gasteiger partial charge in [-0.25, -0.2) is 4.39 Å². The van der Waals surface area contributed by atoms with Crippen molar-refractivity contribution >= 4 is 11.6 Å². The van der Waals surface area contributed by atoms with E-state index in [0.717, 1.165) is 13.0 Å². The summed E-state index contributed by atoms with van der Waals surface area (Å²) in [5.74, 6) is -0.192. The molecule has 92 valence electrons. The van der Waals surface area contributed by atoms with Crippen molar-refractivity contribution in [3.8, 4) is 0 Å². The Morgan fingerprint density at radius 2 is 2.06 bits per heavy atom. The summed E-state index contributed by atoms with van der Waals surface area (Å²) in [6.07, 6.45) is 3.37. The highest BCUT2D eigenvalue weighted by Gasteiger charge is 2.42. The molecule has 2 N–H and O–H groups in total. The van der Waals surface area contributed by atoms with Crippen molar-refractivity contribution in [3.63, 3.8) is 0 Å². The van der Waals surface area contributed by atoms with E-state index in [0.29, 0.717) is 16.6 Å². The molecule has 0 amide bonds. The zero-order chi connectivity index (χ0) is 12.0. The molecule has 2 aliphatic rings. The van der Waals surface area contributed by atoms with E-state index in [1.807, 2.05) is 0 Å². The highest BCUT2D eigenvalue weighted by Crippen LogP contribution is 2.41. The average Bonchev–Trinajstić information content (AvgIpc) is 3.07. The summed E-state index contributed by atoms with van der Waals surface area (Å²) in [5, 5.41) is 0.580. The SMILES string of the molecule is NC1CCN(C2CC2)C1c1cc(Cl)ccc1F. The molecule has 2 fully saturated rings. The summed E-state index contributed by atoms with van der Waals surface area (Å²) in [5.41, 5.74) is 6.80. The van der Waals surface area contributed by atoms with Gasteiger partial charge in [0.25, 0.3) is 0 Å². The summed E-state index contributed by atoms with van der Waals surface area (Å²) in [4.78, 5) is 2.35. The lowest BCUT2D eigenvalue weighted by Gasteiger charge is -2.27. The van der Waals surface area contributed by atoms with E-state index in [1.54, 1.807) is 12.1 Å². The molecule has 2 nitrogen and oxygen atoms in total. The first-order valence-electron chi connectivity index (χ1n) is 6.13. The summed E-state index contributed by atoms with van der Waals surface area (Å²) in [6, 6.07) is 5.37. The summed E-state index contributed by atoms with van der Waals surface area (Å²) in [7, 11) is 0. The molecule has 3 rings (SSSR count). The first-order valence-corrected chi connectivity index (χ1v) is 6.51. The largest absolute Gasteiger partial charge is 0.326 e. The Labute approximate surface area is 106 Å². The van der Waals surface area contributed by atoms with Crippen molar-refractivity contribution in [2.24, 2.45) is 5.73 Å². The minimum Gasteiger partial charge on any atom is -0.326 e. The molecule has 1 heterocycles. The molecule has 1 saturated carbocycles. The van der Waals surface area contributed by atoms with Gasteiger partial charge in [0, 0.05) is 29.2 Å². The maximum atomic E-state index is 13.9. The summed E-state index contributed by atoms with van der Waals surface area (Å²) < 4.78 is 13.9. The maximum absolute atomic E-state index is 13.9. The fraction of sp³-hybridized carbons (Fsp3) is 0.538. The predicted molar refractivity (Wildman–Crippen MR) is 66.5 cm³/mol. The molecular weight excluding hydrogens is 239 g/mol. The van der Waals surface area contributed by atoms with Crippen LogP contribution in [0.5, 0.6) is 0 Å². The monoisotopic (exact) mass is 254 g/mol. The second kappa shape index (κ2) is 4.23. The van der Waals surface area contributed by atoms with Crippen LogP contribution in [0.3, 0.4) is 0 Å². The Kier molecular flexibility index (Phi) is 2.85. The molecule has 1 aliphatic heterocycles. The van der Waals surface area contributed by atoms with Gasteiger partial charge in [-0.1, -0.05) is 11.6 Å². The first-order chi connectivity index (χ1) is 8.16. The van der Waals surface area contributed by atoms with Gasteiger partial charge in [-0.15, -0.1) is 0 Å². The number of hydrogen-bond acceptors (Lipinski definition) is 2. The average molecular weight is 255 g/mol. The van der Waals surface area contributed by atoms with Gasteiger partial charge in [-0.05, 0) is 37.5 Å². The van der Waals surface area contributed by atoms with Crippen LogP contribution in [0.1, 0.15) is 30.9 Å². The van der Waals surface area contributed by atoms with Crippen molar-refractivity contribution < 1.29 is 4.39 Å². The highest BCUT2D eigenvalue weighted by atomic mass is 35.5. The van der Waals surface area contributed by atoms with Gasteiger partial charge >= 0.3 is 0 Å². The van der Waals surface area contributed by atoms with Crippen LogP contribution in [-0.4, -0.2) is 23.5 Å². The molecule has 0 aromatic heterocycles. The lowest BCUT2D eigenvalue weighted by Crippen LogP contribution is -2.33. The normalized spacial score (nSPS) is 29.8. The Morgan fingerprint density at radius 1 is 1.29 bits per heavy atom. The minimum atomic E-state index is -0.192. The van der Waals surface area contributed by atoms with Crippen molar-refractivity contribution in [1.82, 2.24) is 4.90 Å². The van der Waals surface area contributed by atoms with Crippen LogP contribution in [-0.2, 0) is 0 Å². The molecule has 1 aromatic carbocycles. The lowest BCUT2D eigenvalue weighted by atomic mass is 10.00. The van der Waals surface area contributed by atoms with E-state index >= 15 is 0 Å². The van der Waals surface area contributed by atoms with E-state index in [2.05, 4.69) is 4.90 Å². The third-order valence-electron chi connectivity index (χ3n) is 3.78. The minimum absolute atomic E-state index is 0.00111. The quantitative estimate of drug-likeness (QED) is 0.879. The standard InChI is InChI=1S/C13H16ClFN2/c14-8-1-4-11(15)10(7-8)13-12(16)5-6-17(13)9-2-3-9/h1,4,7,9,12-13H,2-3,5-6,16H2. The number of rotatable bonds is 2. The van der Waals surface area contributed by atoms with Crippen LogP contribution in [0.15, 0.2) is 18.2 Å². The number of likely N-dealkylation sites (tertiary alicyclic amines) is 1. The lowest BCUT2D eigenvalue weighted by molar-refractivity contribution is 0.232. The van der Waals surface area contributed by atoms with Crippen LogP contribution < -0.4 is 5.73 Å². The third kappa shape index (κ3) is 2.07. The van der Waals surface area contributed by atoms with Crippen molar-refractivity contribution in [2.45, 2.75) is 37.4 Å². The summed E-state index contributed by atoms with van der Waals surface area (Å²) in [6.45, 7) is 0.975. The van der Waals surface area contributed by atoms with Gasteiger partial charge in [0.1, 0.15) is 5.82 Å². The number of nitrogens with two attached hydrogens (primary N) is 1. The molecule has 17 heavy (non-hydrogen) atoms. The number of halogens is 2. The molecule has 2 unspecified atom stereocenters. The maximum Gasteiger partial charge on any atom is 0.128 e. The number of hydrogen-bond donors (Lipinski definition) is 1. The van der Waals surface area contributed by atoms with Crippen LogP contribution in [0.2, 0.25) is 5.02 Å². The zero-order valence-corrected chi connectivity index (χ0v) is 10.3. The fourth-order valence-electron chi connectivity index (χ4n) is 2.81. The Hall–Kier alpha value is -0.640. The van der Waals surface area contributed by atoms with Crippen LogP contribution in [0, 0.1) is 5.82 Å².